The van der Waals surface area contributed by atoms with Gasteiger partial charge in [0.15, 0.2) is 5.82 Å². The summed E-state index contributed by atoms with van der Waals surface area (Å²) in [5.74, 6) is -0.144. The number of methoxy groups -OCH3 is 1. The van der Waals surface area contributed by atoms with Crippen LogP contribution < -0.4 is 15.0 Å². The summed E-state index contributed by atoms with van der Waals surface area (Å²) in [5, 5.41) is 12.0. The van der Waals surface area contributed by atoms with Crippen molar-refractivity contribution in [2.24, 2.45) is 0 Å². The number of amides is 2. The number of hydrogen-bond acceptors (Lipinski definition) is 6. The maximum Gasteiger partial charge on any atom is 0.323 e. The number of carbonyl (C=O) groups is 1. The molecule has 2 aromatic carbocycles. The minimum Gasteiger partial charge on any atom is -0.478 e. The van der Waals surface area contributed by atoms with Crippen LogP contribution in [0.4, 0.5) is 20.7 Å². The maximum absolute atomic E-state index is 13.5. The van der Waals surface area contributed by atoms with Crippen molar-refractivity contribution in [3.05, 3.63) is 53.8 Å². The number of hydrogen-bond donors (Lipinski definition) is 1. The van der Waals surface area contributed by atoms with Gasteiger partial charge >= 0.3 is 6.03 Å². The summed E-state index contributed by atoms with van der Waals surface area (Å²) in [6, 6.07) is 13.3. The van der Waals surface area contributed by atoms with Crippen LogP contribution >= 0.6 is 0 Å². The highest BCUT2D eigenvalue weighted by atomic mass is 19.1. The number of rotatable bonds is 3. The third kappa shape index (κ3) is 3.80. The van der Waals surface area contributed by atoms with E-state index in [-0.39, 0.29) is 17.7 Å². The normalized spacial score (nSPS) is 13.8. The number of nitrogens with zero attached hydrogens (tertiary/aromatic N) is 5. The first-order chi connectivity index (χ1) is 14.6. The van der Waals surface area contributed by atoms with Gasteiger partial charge in [-0.2, -0.15) is 5.26 Å². The van der Waals surface area contributed by atoms with Crippen LogP contribution in [0.25, 0.3) is 11.0 Å². The lowest BCUT2D eigenvalue weighted by Gasteiger charge is -2.36. The summed E-state index contributed by atoms with van der Waals surface area (Å²) in [7, 11) is 1.43. The molecule has 1 fully saturated rings. The van der Waals surface area contributed by atoms with E-state index >= 15 is 0 Å². The second-order valence-electron chi connectivity index (χ2n) is 6.75. The Labute approximate surface area is 172 Å². The van der Waals surface area contributed by atoms with Crippen LogP contribution in [0.15, 0.2) is 42.5 Å². The van der Waals surface area contributed by atoms with Gasteiger partial charge in [-0.15, -0.1) is 0 Å². The van der Waals surface area contributed by atoms with Crippen molar-refractivity contribution in [3.8, 4) is 11.9 Å². The van der Waals surface area contributed by atoms with Crippen molar-refractivity contribution in [2.45, 2.75) is 0 Å². The van der Waals surface area contributed by atoms with Crippen molar-refractivity contribution in [1.82, 2.24) is 14.9 Å². The molecular formula is C21H19FN6O2. The minimum absolute atomic E-state index is 0.137. The third-order valence-corrected chi connectivity index (χ3v) is 4.95. The Morgan fingerprint density at radius 1 is 1.13 bits per heavy atom. The summed E-state index contributed by atoms with van der Waals surface area (Å²) in [5.41, 5.74) is 2.27. The van der Waals surface area contributed by atoms with Crippen molar-refractivity contribution >= 4 is 28.6 Å². The van der Waals surface area contributed by atoms with Gasteiger partial charge in [-0.1, -0.05) is 12.1 Å². The number of anilines is 2. The molecule has 0 unspecified atom stereocenters. The number of ether oxygens (including phenoxy) is 1. The number of urea groups is 1. The van der Waals surface area contributed by atoms with Crippen LogP contribution in [0, 0.1) is 17.1 Å². The number of nitrogens with one attached hydrogen (secondary N) is 1. The average Bonchev–Trinajstić information content (AvgIpc) is 2.78. The largest absolute Gasteiger partial charge is 0.478 e. The molecule has 9 heteroatoms. The summed E-state index contributed by atoms with van der Waals surface area (Å²) >= 11 is 0. The molecule has 0 spiro atoms. The smallest absolute Gasteiger partial charge is 0.323 e. The monoisotopic (exact) mass is 406 g/mol. The first-order valence-corrected chi connectivity index (χ1v) is 9.40. The Hall–Kier alpha value is -3.93. The number of aromatic nitrogens is 2. The summed E-state index contributed by atoms with van der Waals surface area (Å²) < 4.78 is 18.7. The lowest BCUT2D eigenvalue weighted by molar-refractivity contribution is 0.208. The van der Waals surface area contributed by atoms with Gasteiger partial charge in [-0.05, 0) is 24.3 Å². The molecule has 4 rings (SSSR count). The molecule has 0 radical (unpaired) electrons. The standard InChI is InChI=1S/C21H19FN6O2/c1-30-20-19(24-17-12-15(22)6-7-16(17)25-20)26-21(29)28-10-8-27(9-11-28)18-5-3-2-4-14(18)13-23/h2-7,12H,8-11H2,1H3,(H,24,26,29). The fraction of sp³-hybridized carbons (Fsp3) is 0.238. The molecule has 2 amide bonds. The van der Waals surface area contributed by atoms with Gasteiger partial charge in [0.25, 0.3) is 5.88 Å². The molecule has 2 heterocycles. The molecule has 30 heavy (non-hydrogen) atoms. The molecule has 0 saturated carbocycles. The molecule has 1 N–H and O–H groups in total. The van der Waals surface area contributed by atoms with E-state index in [2.05, 4.69) is 26.3 Å². The van der Waals surface area contributed by atoms with Gasteiger partial charge in [0.1, 0.15) is 11.9 Å². The zero-order valence-corrected chi connectivity index (χ0v) is 16.3. The summed E-state index contributed by atoms with van der Waals surface area (Å²) in [6.07, 6.45) is 0. The molecule has 8 nitrogen and oxygen atoms in total. The third-order valence-electron chi connectivity index (χ3n) is 4.95. The van der Waals surface area contributed by atoms with Gasteiger partial charge in [-0.25, -0.2) is 19.2 Å². The number of para-hydroxylation sites is 1. The number of piperazine rings is 1. The van der Waals surface area contributed by atoms with Gasteiger partial charge in [0, 0.05) is 32.2 Å². The van der Waals surface area contributed by atoms with Gasteiger partial charge in [0.2, 0.25) is 0 Å². The predicted octanol–water partition coefficient (Wildman–Crippen LogP) is 3.00. The Morgan fingerprint density at radius 3 is 2.63 bits per heavy atom. The van der Waals surface area contributed by atoms with Crippen LogP contribution in [-0.4, -0.2) is 54.2 Å². The SMILES string of the molecule is COc1nc2ccc(F)cc2nc1NC(=O)N1CCN(c2ccccc2C#N)CC1. The van der Waals surface area contributed by atoms with Crippen molar-refractivity contribution in [3.63, 3.8) is 0 Å². The van der Waals surface area contributed by atoms with Crippen LogP contribution in [0.3, 0.4) is 0 Å². The van der Waals surface area contributed by atoms with Crippen LogP contribution in [0.5, 0.6) is 5.88 Å². The fourth-order valence-corrected chi connectivity index (χ4v) is 3.41. The van der Waals surface area contributed by atoms with E-state index in [1.54, 1.807) is 11.0 Å². The molecule has 0 atom stereocenters. The van der Waals surface area contributed by atoms with Crippen molar-refractivity contribution in [1.29, 1.82) is 5.26 Å². The number of benzene rings is 2. The number of fused-ring (bicyclic) bond motifs is 1. The van der Waals surface area contributed by atoms with E-state index in [1.807, 2.05) is 18.2 Å². The van der Waals surface area contributed by atoms with Crippen LogP contribution in [-0.2, 0) is 0 Å². The van der Waals surface area contributed by atoms with E-state index in [1.165, 1.54) is 25.3 Å². The zero-order chi connectivity index (χ0) is 21.1. The highest BCUT2D eigenvalue weighted by Gasteiger charge is 2.24. The first kappa shape index (κ1) is 19.4. The second-order valence-corrected chi connectivity index (χ2v) is 6.75. The van der Waals surface area contributed by atoms with E-state index in [9.17, 15) is 14.4 Å². The average molecular weight is 406 g/mol. The summed E-state index contributed by atoms with van der Waals surface area (Å²) in [6.45, 7) is 2.14. The molecule has 1 aromatic heterocycles. The molecule has 1 saturated heterocycles. The van der Waals surface area contributed by atoms with Gasteiger partial charge < -0.3 is 14.5 Å². The van der Waals surface area contributed by atoms with Crippen LogP contribution in [0.1, 0.15) is 5.56 Å². The van der Waals surface area contributed by atoms with E-state index in [0.29, 0.717) is 42.8 Å². The van der Waals surface area contributed by atoms with Crippen LogP contribution in [0.2, 0.25) is 0 Å². The topological polar surface area (TPSA) is 94.4 Å². The lowest BCUT2D eigenvalue weighted by atomic mass is 10.1. The Bertz CT molecular complexity index is 1140. The van der Waals surface area contributed by atoms with Crippen molar-refractivity contribution < 1.29 is 13.9 Å². The van der Waals surface area contributed by atoms with E-state index < -0.39 is 5.82 Å². The summed E-state index contributed by atoms with van der Waals surface area (Å²) in [4.78, 5) is 25.1. The van der Waals surface area contributed by atoms with E-state index in [4.69, 9.17) is 4.74 Å². The zero-order valence-electron chi connectivity index (χ0n) is 16.3. The molecule has 1 aliphatic heterocycles. The highest BCUT2D eigenvalue weighted by Crippen LogP contribution is 2.25. The Balaban J connectivity index is 1.47. The number of nitriles is 1. The predicted molar refractivity (Wildman–Crippen MR) is 110 cm³/mol. The Kier molecular flexibility index (Phi) is 5.30. The molecule has 152 valence electrons. The molecule has 0 aliphatic carbocycles. The molecule has 1 aliphatic rings. The Morgan fingerprint density at radius 2 is 1.90 bits per heavy atom. The molecular weight excluding hydrogens is 387 g/mol. The van der Waals surface area contributed by atoms with Crippen molar-refractivity contribution in [2.75, 3.05) is 43.5 Å². The maximum atomic E-state index is 13.5. The molecule has 0 bridgehead atoms. The quantitative estimate of drug-likeness (QED) is 0.719. The van der Waals surface area contributed by atoms with Gasteiger partial charge in [0.05, 0.1) is 29.4 Å². The number of carbonyl (C=O) groups excluding carboxylic acids is 1. The molecule has 3 aromatic rings. The second kappa shape index (κ2) is 8.21. The minimum atomic E-state index is -0.437. The highest BCUT2D eigenvalue weighted by molar-refractivity contribution is 5.91. The lowest BCUT2D eigenvalue weighted by Crippen LogP contribution is -2.50. The first-order valence-electron chi connectivity index (χ1n) is 9.40. The van der Waals surface area contributed by atoms with E-state index in [0.717, 1.165) is 5.69 Å². The fourth-order valence-electron chi connectivity index (χ4n) is 3.41. The number of halogens is 1. The van der Waals surface area contributed by atoms with Gasteiger partial charge in [-0.3, -0.25) is 5.32 Å².